The minimum absolute atomic E-state index is 0.351. The fourth-order valence-electron chi connectivity index (χ4n) is 0.979. The Morgan fingerprint density at radius 1 is 1.46 bits per heavy atom. The van der Waals surface area contributed by atoms with E-state index in [1.54, 1.807) is 20.8 Å². The Morgan fingerprint density at radius 3 is 2.23 bits per heavy atom. The number of hydrogen-bond donors (Lipinski definition) is 1. The van der Waals surface area contributed by atoms with Crippen molar-refractivity contribution in [2.45, 2.75) is 20.8 Å². The molecule has 0 fully saturated rings. The molecule has 0 amide bonds. The summed E-state index contributed by atoms with van der Waals surface area (Å²) in [6, 6.07) is 0. The quantitative estimate of drug-likeness (QED) is 0.648. The van der Waals surface area contributed by atoms with Crippen LogP contribution in [0.4, 0.5) is 0 Å². The van der Waals surface area contributed by atoms with Crippen LogP contribution in [0.3, 0.4) is 0 Å². The van der Waals surface area contributed by atoms with Gasteiger partial charge in [0.1, 0.15) is 6.61 Å². The summed E-state index contributed by atoms with van der Waals surface area (Å²) in [5.41, 5.74) is -0.880. The van der Waals surface area contributed by atoms with Crippen molar-refractivity contribution in [3.05, 3.63) is 0 Å². The molecule has 0 saturated carbocycles. The third-order valence-electron chi connectivity index (χ3n) is 2.43. The lowest BCUT2D eigenvalue weighted by atomic mass is 9.78. The highest BCUT2D eigenvalue weighted by atomic mass is 16.5. The number of rotatable bonds is 4. The smallest absolute Gasteiger partial charge is 0.311 e. The van der Waals surface area contributed by atoms with Gasteiger partial charge in [-0.05, 0) is 13.8 Å². The molecule has 0 radical (unpaired) electrons. The van der Waals surface area contributed by atoms with Gasteiger partial charge in [-0.2, -0.15) is 0 Å². The molecule has 0 spiro atoms. The molecule has 0 aromatic heterocycles. The van der Waals surface area contributed by atoms with Gasteiger partial charge in [0.25, 0.3) is 0 Å². The second-order valence-corrected chi connectivity index (χ2v) is 3.56. The number of hydrogen-bond acceptors (Lipinski definition) is 4. The van der Waals surface area contributed by atoms with Crippen molar-refractivity contribution >= 4 is 11.8 Å². The summed E-state index contributed by atoms with van der Waals surface area (Å²) in [7, 11) is 1.28. The summed E-state index contributed by atoms with van der Waals surface area (Å²) in [5, 5.41) is 8.62. The van der Waals surface area contributed by atoms with E-state index in [9.17, 15) is 9.59 Å². The van der Waals surface area contributed by atoms with E-state index in [2.05, 4.69) is 4.74 Å². The number of methoxy groups -OCH3 is 1. The molecule has 0 saturated heterocycles. The van der Waals surface area contributed by atoms with Gasteiger partial charge in [-0.25, -0.2) is 0 Å². The Morgan fingerprint density at radius 2 is 1.92 bits per heavy atom. The van der Waals surface area contributed by atoms with E-state index in [4.69, 9.17) is 5.11 Å². The maximum absolute atomic E-state index is 11.2. The number of ketones is 1. The standard InChI is InChI=1S/C9H16O4/c1-6(7(11)5-10)9(2,3)8(12)13-4/h6,10H,5H2,1-4H3. The zero-order valence-corrected chi connectivity index (χ0v) is 8.46. The van der Waals surface area contributed by atoms with Crippen LogP contribution in [-0.2, 0) is 14.3 Å². The molecule has 0 rings (SSSR count). The lowest BCUT2D eigenvalue weighted by molar-refractivity contribution is -0.156. The zero-order chi connectivity index (χ0) is 10.6. The summed E-state index contributed by atoms with van der Waals surface area (Å²) in [5.74, 6) is -1.33. The summed E-state index contributed by atoms with van der Waals surface area (Å²) >= 11 is 0. The minimum Gasteiger partial charge on any atom is -0.469 e. The van der Waals surface area contributed by atoms with Gasteiger partial charge in [0, 0.05) is 5.92 Å². The molecule has 1 N–H and O–H groups in total. The van der Waals surface area contributed by atoms with Crippen molar-refractivity contribution in [3.63, 3.8) is 0 Å². The topological polar surface area (TPSA) is 63.6 Å². The normalized spacial score (nSPS) is 13.6. The average molecular weight is 188 g/mol. The van der Waals surface area contributed by atoms with Crippen LogP contribution in [0.25, 0.3) is 0 Å². The fourth-order valence-corrected chi connectivity index (χ4v) is 0.979. The Kier molecular flexibility index (Phi) is 4.07. The van der Waals surface area contributed by atoms with E-state index in [0.29, 0.717) is 0 Å². The highest BCUT2D eigenvalue weighted by molar-refractivity contribution is 5.89. The molecule has 1 atom stereocenters. The second-order valence-electron chi connectivity index (χ2n) is 3.56. The van der Waals surface area contributed by atoms with Crippen LogP contribution in [0.1, 0.15) is 20.8 Å². The van der Waals surface area contributed by atoms with Crippen molar-refractivity contribution in [2.24, 2.45) is 11.3 Å². The molecule has 4 nitrogen and oxygen atoms in total. The number of carbonyl (C=O) groups excluding carboxylic acids is 2. The van der Waals surface area contributed by atoms with Crippen LogP contribution in [0, 0.1) is 11.3 Å². The van der Waals surface area contributed by atoms with Gasteiger partial charge in [0.15, 0.2) is 5.78 Å². The fraction of sp³-hybridized carbons (Fsp3) is 0.778. The Balaban J connectivity index is 4.62. The molecule has 1 unspecified atom stereocenters. The van der Waals surface area contributed by atoms with E-state index in [-0.39, 0.29) is 5.78 Å². The Bertz CT molecular complexity index is 208. The summed E-state index contributed by atoms with van der Waals surface area (Å²) in [6.07, 6.45) is 0. The Labute approximate surface area is 77.9 Å². The number of aliphatic hydroxyl groups is 1. The van der Waals surface area contributed by atoms with Gasteiger partial charge in [0.05, 0.1) is 12.5 Å². The van der Waals surface area contributed by atoms with E-state index >= 15 is 0 Å². The van der Waals surface area contributed by atoms with E-state index in [1.807, 2.05) is 0 Å². The highest BCUT2D eigenvalue weighted by Gasteiger charge is 2.38. The first kappa shape index (κ1) is 12.1. The summed E-state index contributed by atoms with van der Waals surface area (Å²) < 4.78 is 4.56. The first-order chi connectivity index (χ1) is 5.87. The zero-order valence-electron chi connectivity index (χ0n) is 8.46. The Hall–Kier alpha value is -0.900. The number of Topliss-reactive ketones (excluding diaryl/α,β-unsaturated/α-hetero) is 1. The second kappa shape index (κ2) is 4.37. The van der Waals surface area contributed by atoms with E-state index in [1.165, 1.54) is 7.11 Å². The molecule has 0 aliphatic rings. The molecule has 0 aromatic rings. The molecule has 0 aliphatic heterocycles. The first-order valence-corrected chi connectivity index (χ1v) is 4.10. The predicted molar refractivity (Wildman–Crippen MR) is 47.1 cm³/mol. The third kappa shape index (κ3) is 2.52. The molecule has 4 heteroatoms. The maximum Gasteiger partial charge on any atom is 0.311 e. The monoisotopic (exact) mass is 188 g/mol. The minimum atomic E-state index is -0.880. The van der Waals surface area contributed by atoms with Crippen molar-refractivity contribution in [2.75, 3.05) is 13.7 Å². The molecular weight excluding hydrogens is 172 g/mol. The van der Waals surface area contributed by atoms with Crippen molar-refractivity contribution in [1.29, 1.82) is 0 Å². The summed E-state index contributed by atoms with van der Waals surface area (Å²) in [6.45, 7) is 4.31. The lowest BCUT2D eigenvalue weighted by Crippen LogP contribution is -2.38. The number of carbonyl (C=O) groups is 2. The molecule has 0 aliphatic carbocycles. The van der Waals surface area contributed by atoms with Crippen LogP contribution in [0.15, 0.2) is 0 Å². The van der Waals surface area contributed by atoms with Crippen molar-refractivity contribution in [3.8, 4) is 0 Å². The number of esters is 1. The van der Waals surface area contributed by atoms with Crippen LogP contribution < -0.4 is 0 Å². The van der Waals surface area contributed by atoms with Gasteiger partial charge in [-0.1, -0.05) is 6.92 Å². The highest BCUT2D eigenvalue weighted by Crippen LogP contribution is 2.28. The number of aliphatic hydroxyl groups excluding tert-OH is 1. The molecule has 0 heterocycles. The van der Waals surface area contributed by atoms with Crippen LogP contribution >= 0.6 is 0 Å². The third-order valence-corrected chi connectivity index (χ3v) is 2.43. The predicted octanol–water partition coefficient (Wildman–Crippen LogP) is 0.383. The molecule has 76 valence electrons. The molecular formula is C9H16O4. The lowest BCUT2D eigenvalue weighted by Gasteiger charge is -2.26. The molecule has 0 bridgehead atoms. The number of ether oxygens (including phenoxy) is 1. The van der Waals surface area contributed by atoms with Crippen molar-refractivity contribution < 1.29 is 19.4 Å². The van der Waals surface area contributed by atoms with Gasteiger partial charge in [0.2, 0.25) is 0 Å². The summed E-state index contributed by atoms with van der Waals surface area (Å²) in [4.78, 5) is 22.4. The van der Waals surface area contributed by atoms with Crippen LogP contribution in [0.2, 0.25) is 0 Å². The van der Waals surface area contributed by atoms with Crippen LogP contribution in [-0.4, -0.2) is 30.6 Å². The SMILES string of the molecule is COC(=O)C(C)(C)C(C)C(=O)CO. The van der Waals surface area contributed by atoms with Gasteiger partial charge in [-0.15, -0.1) is 0 Å². The van der Waals surface area contributed by atoms with Crippen LogP contribution in [0.5, 0.6) is 0 Å². The molecule has 13 heavy (non-hydrogen) atoms. The van der Waals surface area contributed by atoms with E-state index < -0.39 is 23.9 Å². The van der Waals surface area contributed by atoms with Gasteiger partial charge in [-0.3, -0.25) is 9.59 Å². The maximum atomic E-state index is 11.2. The largest absolute Gasteiger partial charge is 0.469 e. The van der Waals surface area contributed by atoms with Gasteiger partial charge < -0.3 is 9.84 Å². The first-order valence-electron chi connectivity index (χ1n) is 4.10. The molecule has 0 aromatic carbocycles. The van der Waals surface area contributed by atoms with Crippen molar-refractivity contribution in [1.82, 2.24) is 0 Å². The van der Waals surface area contributed by atoms with Gasteiger partial charge >= 0.3 is 5.97 Å². The van der Waals surface area contributed by atoms with E-state index in [0.717, 1.165) is 0 Å². The average Bonchev–Trinajstić information content (AvgIpc) is 2.13.